The standard InChI is InChI=1S/C10H16N2/c1-3-6-10(2)9-11-12-7-4-5-8-12/h3,6,9H,1,4-5,7-8H2,2H3/b10-6-,11-9-. The highest BCUT2D eigenvalue weighted by Crippen LogP contribution is 2.06. The van der Waals surface area contributed by atoms with Crippen LogP contribution in [-0.4, -0.2) is 24.3 Å². The fourth-order valence-electron chi connectivity index (χ4n) is 1.22. The van der Waals surface area contributed by atoms with Gasteiger partial charge in [0.25, 0.3) is 0 Å². The zero-order valence-electron chi connectivity index (χ0n) is 7.66. The molecular formula is C10H16N2. The lowest BCUT2D eigenvalue weighted by Crippen LogP contribution is -2.11. The molecule has 0 atom stereocenters. The van der Waals surface area contributed by atoms with Gasteiger partial charge in [0.15, 0.2) is 0 Å². The highest BCUT2D eigenvalue weighted by Gasteiger charge is 2.06. The first-order valence-electron chi connectivity index (χ1n) is 4.41. The van der Waals surface area contributed by atoms with Gasteiger partial charge in [0.05, 0.1) is 0 Å². The lowest BCUT2D eigenvalue weighted by atomic mass is 10.3. The molecule has 0 radical (unpaired) electrons. The smallest absolute Gasteiger partial charge is 0.0499 e. The molecule has 0 bridgehead atoms. The molecule has 1 aliphatic rings. The van der Waals surface area contributed by atoms with E-state index in [4.69, 9.17) is 0 Å². The molecule has 0 spiro atoms. The normalized spacial score (nSPS) is 19.1. The van der Waals surface area contributed by atoms with Gasteiger partial charge in [-0.1, -0.05) is 18.7 Å². The summed E-state index contributed by atoms with van der Waals surface area (Å²) in [6.45, 7) is 7.88. The second-order valence-corrected chi connectivity index (χ2v) is 3.05. The summed E-state index contributed by atoms with van der Waals surface area (Å²) in [5.74, 6) is 0. The number of hydrogen-bond donors (Lipinski definition) is 0. The fourth-order valence-corrected chi connectivity index (χ4v) is 1.22. The van der Waals surface area contributed by atoms with E-state index in [1.807, 2.05) is 19.2 Å². The minimum atomic E-state index is 1.11. The van der Waals surface area contributed by atoms with Crippen LogP contribution < -0.4 is 0 Å². The molecule has 2 nitrogen and oxygen atoms in total. The van der Waals surface area contributed by atoms with Crippen LogP contribution in [0, 0.1) is 0 Å². The van der Waals surface area contributed by atoms with Crippen LogP contribution >= 0.6 is 0 Å². The fraction of sp³-hybridized carbons (Fsp3) is 0.500. The first-order chi connectivity index (χ1) is 5.83. The van der Waals surface area contributed by atoms with Crippen LogP contribution in [0.4, 0.5) is 0 Å². The maximum absolute atomic E-state index is 4.33. The maximum Gasteiger partial charge on any atom is 0.0499 e. The van der Waals surface area contributed by atoms with E-state index in [0.717, 1.165) is 18.7 Å². The Morgan fingerprint density at radius 2 is 2.08 bits per heavy atom. The molecule has 2 heteroatoms. The lowest BCUT2D eigenvalue weighted by Gasteiger charge is -2.08. The molecule has 0 aliphatic carbocycles. The van der Waals surface area contributed by atoms with Crippen LogP contribution in [0.5, 0.6) is 0 Å². The van der Waals surface area contributed by atoms with Crippen molar-refractivity contribution in [2.75, 3.05) is 13.1 Å². The van der Waals surface area contributed by atoms with Crippen LogP contribution in [-0.2, 0) is 0 Å². The van der Waals surface area contributed by atoms with Crippen molar-refractivity contribution in [2.24, 2.45) is 5.10 Å². The van der Waals surface area contributed by atoms with Gasteiger partial charge in [-0.3, -0.25) is 5.01 Å². The largest absolute Gasteiger partial charge is 0.297 e. The van der Waals surface area contributed by atoms with E-state index in [2.05, 4.69) is 16.7 Å². The predicted octanol–water partition coefficient (Wildman–Crippen LogP) is 2.20. The van der Waals surface area contributed by atoms with Crippen LogP contribution in [0.3, 0.4) is 0 Å². The van der Waals surface area contributed by atoms with Crippen molar-refractivity contribution in [1.29, 1.82) is 0 Å². The first kappa shape index (κ1) is 9.04. The van der Waals surface area contributed by atoms with E-state index in [9.17, 15) is 0 Å². The van der Waals surface area contributed by atoms with Crippen LogP contribution in [0.25, 0.3) is 0 Å². The van der Waals surface area contributed by atoms with Crippen molar-refractivity contribution in [3.8, 4) is 0 Å². The van der Waals surface area contributed by atoms with Crippen molar-refractivity contribution >= 4 is 6.21 Å². The number of hydrogen-bond acceptors (Lipinski definition) is 2. The highest BCUT2D eigenvalue weighted by molar-refractivity contribution is 5.77. The minimum Gasteiger partial charge on any atom is -0.297 e. The van der Waals surface area contributed by atoms with Crippen LogP contribution in [0.15, 0.2) is 29.4 Å². The summed E-state index contributed by atoms with van der Waals surface area (Å²) in [6, 6.07) is 0. The predicted molar refractivity (Wildman–Crippen MR) is 53.3 cm³/mol. The van der Waals surface area contributed by atoms with E-state index in [-0.39, 0.29) is 0 Å². The third kappa shape index (κ3) is 2.91. The molecule has 0 aromatic heterocycles. The van der Waals surface area contributed by atoms with E-state index < -0.39 is 0 Å². The van der Waals surface area contributed by atoms with Crippen molar-refractivity contribution in [1.82, 2.24) is 5.01 Å². The monoisotopic (exact) mass is 164 g/mol. The summed E-state index contributed by atoms with van der Waals surface area (Å²) >= 11 is 0. The van der Waals surface area contributed by atoms with Gasteiger partial charge >= 0.3 is 0 Å². The first-order valence-corrected chi connectivity index (χ1v) is 4.41. The molecule has 1 heterocycles. The van der Waals surface area contributed by atoms with E-state index >= 15 is 0 Å². The Balaban J connectivity index is 2.37. The number of allylic oxidation sites excluding steroid dienone is 3. The quantitative estimate of drug-likeness (QED) is 0.461. The minimum absolute atomic E-state index is 1.11. The van der Waals surface area contributed by atoms with Gasteiger partial charge in [-0.25, -0.2) is 0 Å². The maximum atomic E-state index is 4.33. The zero-order chi connectivity index (χ0) is 8.81. The van der Waals surface area contributed by atoms with Gasteiger partial charge < -0.3 is 0 Å². The van der Waals surface area contributed by atoms with E-state index in [1.165, 1.54) is 12.8 Å². The number of rotatable bonds is 3. The lowest BCUT2D eigenvalue weighted by molar-refractivity contribution is 0.362. The number of hydrazone groups is 1. The SMILES string of the molecule is C=C/C=C(C)\C=N/N1CCCC1. The molecule has 0 N–H and O–H groups in total. The summed E-state index contributed by atoms with van der Waals surface area (Å²) in [6.07, 6.45) is 8.20. The Morgan fingerprint density at radius 1 is 1.42 bits per heavy atom. The van der Waals surface area contributed by atoms with Crippen LogP contribution in [0.1, 0.15) is 19.8 Å². The third-order valence-electron chi connectivity index (χ3n) is 1.89. The molecule has 1 fully saturated rings. The molecule has 1 saturated heterocycles. The Kier molecular flexibility index (Phi) is 3.58. The zero-order valence-corrected chi connectivity index (χ0v) is 7.66. The average molecular weight is 164 g/mol. The molecule has 1 aliphatic heterocycles. The molecule has 0 aromatic carbocycles. The van der Waals surface area contributed by atoms with Crippen molar-refractivity contribution < 1.29 is 0 Å². The molecule has 0 aromatic rings. The Hall–Kier alpha value is -1.05. The average Bonchev–Trinajstić information content (AvgIpc) is 2.53. The Bertz CT molecular complexity index is 198. The highest BCUT2D eigenvalue weighted by atomic mass is 15.5. The van der Waals surface area contributed by atoms with Crippen molar-refractivity contribution in [3.63, 3.8) is 0 Å². The summed E-state index contributed by atoms with van der Waals surface area (Å²) in [7, 11) is 0. The van der Waals surface area contributed by atoms with Gasteiger partial charge in [0, 0.05) is 19.3 Å². The molecule has 0 saturated carbocycles. The number of nitrogens with zero attached hydrogens (tertiary/aromatic N) is 2. The summed E-state index contributed by atoms with van der Waals surface area (Å²) < 4.78 is 0. The van der Waals surface area contributed by atoms with E-state index in [1.54, 1.807) is 6.08 Å². The Labute approximate surface area is 74.3 Å². The van der Waals surface area contributed by atoms with E-state index in [0.29, 0.717) is 0 Å². The van der Waals surface area contributed by atoms with Crippen molar-refractivity contribution in [2.45, 2.75) is 19.8 Å². The molecule has 0 unspecified atom stereocenters. The summed E-state index contributed by atoms with van der Waals surface area (Å²) in [4.78, 5) is 0. The second-order valence-electron chi connectivity index (χ2n) is 3.05. The van der Waals surface area contributed by atoms with Gasteiger partial charge in [-0.05, 0) is 25.3 Å². The summed E-state index contributed by atoms with van der Waals surface area (Å²) in [5.41, 5.74) is 1.15. The molecular weight excluding hydrogens is 148 g/mol. The van der Waals surface area contributed by atoms with Gasteiger partial charge in [-0.15, -0.1) is 0 Å². The van der Waals surface area contributed by atoms with Crippen LogP contribution in [0.2, 0.25) is 0 Å². The topological polar surface area (TPSA) is 15.6 Å². The second kappa shape index (κ2) is 4.75. The van der Waals surface area contributed by atoms with Gasteiger partial charge in [0.2, 0.25) is 0 Å². The van der Waals surface area contributed by atoms with Gasteiger partial charge in [-0.2, -0.15) is 5.10 Å². The Morgan fingerprint density at radius 3 is 2.67 bits per heavy atom. The molecule has 0 amide bonds. The van der Waals surface area contributed by atoms with Crippen molar-refractivity contribution in [3.05, 3.63) is 24.3 Å². The summed E-state index contributed by atoms with van der Waals surface area (Å²) in [5, 5.41) is 6.45. The molecule has 12 heavy (non-hydrogen) atoms. The molecule has 66 valence electrons. The molecule has 1 rings (SSSR count). The third-order valence-corrected chi connectivity index (χ3v) is 1.89. The van der Waals surface area contributed by atoms with Gasteiger partial charge in [0.1, 0.15) is 0 Å².